The van der Waals surface area contributed by atoms with Gasteiger partial charge in [-0.15, -0.1) is 0 Å². The van der Waals surface area contributed by atoms with E-state index in [1.165, 1.54) is 4.90 Å². The van der Waals surface area contributed by atoms with Crippen molar-refractivity contribution in [2.24, 2.45) is 0 Å². The Balaban J connectivity index is 2.00. The predicted octanol–water partition coefficient (Wildman–Crippen LogP) is 7.22. The lowest BCUT2D eigenvalue weighted by molar-refractivity contribution is -0.143. The molecule has 0 unspecified atom stereocenters. The van der Waals surface area contributed by atoms with Gasteiger partial charge in [0, 0.05) is 34.6 Å². The van der Waals surface area contributed by atoms with E-state index in [1.807, 2.05) is 68.4 Å². The minimum atomic E-state index is -0.803. The van der Waals surface area contributed by atoms with Crippen molar-refractivity contribution >= 4 is 35.0 Å². The maximum absolute atomic E-state index is 13.9. The van der Waals surface area contributed by atoms with Crippen LogP contribution in [0.15, 0.2) is 72.8 Å². The molecule has 0 bridgehead atoms. The number of hydrogen-bond acceptors (Lipinski definition) is 3. The Hall–Kier alpha value is -3.02. The third-order valence-electron chi connectivity index (χ3n) is 6.71. The molecule has 0 radical (unpaired) electrons. The summed E-state index contributed by atoms with van der Waals surface area (Å²) in [6.07, 6.45) is 1.09. The molecule has 0 heterocycles. The normalized spacial score (nSPS) is 12.9. The SMILES string of the molecule is CC[C@@H](C)NC(=O)[C@@H](Cc1ccccc1)N(Cc1c(Cl)cccc1Cl)C(=O)COc1ccccc1C(C)(C)C. The molecule has 0 saturated heterocycles. The first kappa shape index (κ1) is 30.5. The minimum Gasteiger partial charge on any atom is -0.483 e. The van der Waals surface area contributed by atoms with Crippen molar-refractivity contribution in [3.05, 3.63) is 99.5 Å². The highest BCUT2D eigenvalue weighted by Gasteiger charge is 2.32. The first-order chi connectivity index (χ1) is 18.5. The Morgan fingerprint density at radius 2 is 1.54 bits per heavy atom. The van der Waals surface area contributed by atoms with E-state index in [4.69, 9.17) is 27.9 Å². The summed E-state index contributed by atoms with van der Waals surface area (Å²) < 4.78 is 6.10. The van der Waals surface area contributed by atoms with E-state index in [0.29, 0.717) is 27.8 Å². The zero-order chi connectivity index (χ0) is 28.6. The van der Waals surface area contributed by atoms with Crippen molar-refractivity contribution in [3.8, 4) is 5.75 Å². The van der Waals surface area contributed by atoms with Crippen LogP contribution in [0.4, 0.5) is 0 Å². The lowest BCUT2D eigenvalue weighted by Crippen LogP contribution is -2.53. The van der Waals surface area contributed by atoms with Crippen LogP contribution in [0.2, 0.25) is 10.0 Å². The van der Waals surface area contributed by atoms with Crippen molar-refractivity contribution in [2.45, 2.75) is 71.5 Å². The van der Waals surface area contributed by atoms with Crippen molar-refractivity contribution in [3.63, 3.8) is 0 Å². The Morgan fingerprint density at radius 1 is 0.923 bits per heavy atom. The van der Waals surface area contributed by atoms with Gasteiger partial charge in [0.05, 0.1) is 0 Å². The second kappa shape index (κ2) is 13.9. The van der Waals surface area contributed by atoms with Crippen LogP contribution in [0.25, 0.3) is 0 Å². The van der Waals surface area contributed by atoms with E-state index in [0.717, 1.165) is 17.5 Å². The highest BCUT2D eigenvalue weighted by atomic mass is 35.5. The van der Waals surface area contributed by atoms with Gasteiger partial charge in [0.15, 0.2) is 6.61 Å². The minimum absolute atomic E-state index is 0.0495. The standard InChI is InChI=1S/C32H38Cl2N2O3/c1-6-22(2)35-31(38)28(19-23-13-8-7-9-14-23)36(20-24-26(33)16-12-17-27(24)34)30(37)21-39-29-18-11-10-15-25(29)32(3,4)5/h7-18,22,28H,6,19-21H2,1-5H3,(H,35,38)/t22-,28-/m1/s1. The molecular formula is C32H38Cl2N2O3. The maximum Gasteiger partial charge on any atom is 0.261 e. The smallest absolute Gasteiger partial charge is 0.261 e. The second-order valence-corrected chi connectivity index (χ2v) is 11.6. The van der Waals surface area contributed by atoms with Crippen molar-refractivity contribution < 1.29 is 14.3 Å². The average molecular weight is 570 g/mol. The second-order valence-electron chi connectivity index (χ2n) is 10.8. The van der Waals surface area contributed by atoms with E-state index in [9.17, 15) is 9.59 Å². The van der Waals surface area contributed by atoms with Crippen molar-refractivity contribution in [2.75, 3.05) is 6.61 Å². The van der Waals surface area contributed by atoms with Crippen molar-refractivity contribution in [1.29, 1.82) is 0 Å². The molecule has 5 nitrogen and oxygen atoms in total. The number of nitrogens with one attached hydrogen (secondary N) is 1. The van der Waals surface area contributed by atoms with E-state index < -0.39 is 6.04 Å². The lowest BCUT2D eigenvalue weighted by atomic mass is 9.86. The van der Waals surface area contributed by atoms with Gasteiger partial charge in [-0.05, 0) is 48.1 Å². The fourth-order valence-corrected chi connectivity index (χ4v) is 4.80. The molecular weight excluding hydrogens is 531 g/mol. The maximum atomic E-state index is 13.9. The number of nitrogens with zero attached hydrogens (tertiary/aromatic N) is 1. The zero-order valence-electron chi connectivity index (χ0n) is 23.3. The number of rotatable bonds is 11. The van der Waals surface area contributed by atoms with Gasteiger partial charge >= 0.3 is 0 Å². The van der Waals surface area contributed by atoms with Crippen LogP contribution in [0.5, 0.6) is 5.75 Å². The van der Waals surface area contributed by atoms with Crippen LogP contribution in [0, 0.1) is 0 Å². The number of carbonyl (C=O) groups excluding carboxylic acids is 2. The molecule has 39 heavy (non-hydrogen) atoms. The van der Waals surface area contributed by atoms with Gasteiger partial charge in [0.2, 0.25) is 5.91 Å². The van der Waals surface area contributed by atoms with Crippen LogP contribution in [0.1, 0.15) is 57.7 Å². The highest BCUT2D eigenvalue weighted by molar-refractivity contribution is 6.36. The summed E-state index contributed by atoms with van der Waals surface area (Å²) in [6, 6.07) is 21.7. The monoisotopic (exact) mass is 568 g/mol. The summed E-state index contributed by atoms with van der Waals surface area (Å²) in [5, 5.41) is 3.92. The molecule has 0 aliphatic heterocycles. The number of benzene rings is 3. The third-order valence-corrected chi connectivity index (χ3v) is 7.42. The van der Waals surface area contributed by atoms with E-state index >= 15 is 0 Å². The van der Waals surface area contributed by atoms with Crippen LogP contribution in [-0.2, 0) is 28.0 Å². The number of amides is 2. The fourth-order valence-electron chi connectivity index (χ4n) is 4.28. The predicted molar refractivity (Wildman–Crippen MR) is 159 cm³/mol. The van der Waals surface area contributed by atoms with Gasteiger partial charge in [0.1, 0.15) is 11.8 Å². The summed E-state index contributed by atoms with van der Waals surface area (Å²) in [4.78, 5) is 29.1. The summed E-state index contributed by atoms with van der Waals surface area (Å²) in [7, 11) is 0. The van der Waals surface area contributed by atoms with Crippen LogP contribution in [-0.4, -0.2) is 35.4 Å². The highest BCUT2D eigenvalue weighted by Crippen LogP contribution is 2.31. The van der Waals surface area contributed by atoms with Gasteiger partial charge in [-0.1, -0.05) is 105 Å². The number of para-hydroxylation sites is 1. The Labute approximate surface area is 242 Å². The van der Waals surface area contributed by atoms with E-state index in [2.05, 4.69) is 26.1 Å². The fraction of sp³-hybridized carbons (Fsp3) is 0.375. The largest absolute Gasteiger partial charge is 0.483 e. The van der Waals surface area contributed by atoms with Crippen LogP contribution in [0.3, 0.4) is 0 Å². The van der Waals surface area contributed by atoms with Crippen LogP contribution < -0.4 is 10.1 Å². The van der Waals surface area contributed by atoms with E-state index in [-0.39, 0.29) is 36.4 Å². The summed E-state index contributed by atoms with van der Waals surface area (Å²) in [5.41, 5.74) is 2.34. The van der Waals surface area contributed by atoms with Gasteiger partial charge in [-0.2, -0.15) is 0 Å². The molecule has 2 atom stereocenters. The first-order valence-electron chi connectivity index (χ1n) is 13.3. The quantitative estimate of drug-likeness (QED) is 0.265. The Bertz CT molecular complexity index is 1240. The molecule has 0 fully saturated rings. The molecule has 0 aliphatic rings. The van der Waals surface area contributed by atoms with Gasteiger partial charge in [-0.3, -0.25) is 9.59 Å². The van der Waals surface area contributed by atoms with Gasteiger partial charge in [0.25, 0.3) is 5.91 Å². The van der Waals surface area contributed by atoms with Crippen LogP contribution >= 0.6 is 23.2 Å². The van der Waals surface area contributed by atoms with Gasteiger partial charge < -0.3 is 15.0 Å². The summed E-state index contributed by atoms with van der Waals surface area (Å²) >= 11 is 13.0. The third kappa shape index (κ3) is 8.48. The number of carbonyl (C=O) groups is 2. The molecule has 1 N–H and O–H groups in total. The molecule has 0 saturated carbocycles. The first-order valence-corrected chi connectivity index (χ1v) is 14.1. The molecule has 2 amide bonds. The molecule has 208 valence electrons. The molecule has 0 spiro atoms. The van der Waals surface area contributed by atoms with Crippen molar-refractivity contribution in [1.82, 2.24) is 10.2 Å². The number of halogens is 2. The molecule has 7 heteroatoms. The topological polar surface area (TPSA) is 58.6 Å². The molecule has 0 aromatic heterocycles. The number of hydrogen-bond donors (Lipinski definition) is 1. The zero-order valence-corrected chi connectivity index (χ0v) is 24.9. The Morgan fingerprint density at radius 3 is 2.15 bits per heavy atom. The molecule has 3 aromatic rings. The lowest BCUT2D eigenvalue weighted by Gasteiger charge is -2.33. The number of ether oxygens (including phenoxy) is 1. The summed E-state index contributed by atoms with van der Waals surface area (Å²) in [5.74, 6) is 0.0625. The molecule has 0 aliphatic carbocycles. The average Bonchev–Trinajstić information content (AvgIpc) is 2.90. The van der Waals surface area contributed by atoms with E-state index in [1.54, 1.807) is 18.2 Å². The van der Waals surface area contributed by atoms with Gasteiger partial charge in [-0.25, -0.2) is 0 Å². The summed E-state index contributed by atoms with van der Waals surface area (Å²) in [6.45, 7) is 10.1. The Kier molecular flexibility index (Phi) is 10.8. The molecule has 3 rings (SSSR count). The molecule has 3 aromatic carbocycles.